The van der Waals surface area contributed by atoms with Gasteiger partial charge in [0.05, 0.1) is 36.9 Å². The summed E-state index contributed by atoms with van der Waals surface area (Å²) in [6.07, 6.45) is 3.95. The Kier molecular flexibility index (Phi) is 5.36. The quantitative estimate of drug-likeness (QED) is 0.345. The lowest BCUT2D eigenvalue weighted by Crippen LogP contribution is -2.36. The van der Waals surface area contributed by atoms with Crippen molar-refractivity contribution in [2.45, 2.75) is 16.7 Å². The highest BCUT2D eigenvalue weighted by Gasteiger charge is 2.20. The van der Waals surface area contributed by atoms with Gasteiger partial charge in [-0.3, -0.25) is 9.30 Å². The van der Waals surface area contributed by atoms with E-state index in [1.807, 2.05) is 30.6 Å². The second-order valence-electron chi connectivity index (χ2n) is 7.67. The van der Waals surface area contributed by atoms with Crippen LogP contribution in [-0.4, -0.2) is 50.6 Å². The van der Waals surface area contributed by atoms with Crippen molar-refractivity contribution < 1.29 is 4.74 Å². The number of ether oxygens (including phenoxy) is 1. The van der Waals surface area contributed by atoms with Crippen LogP contribution in [0.2, 0.25) is 0 Å². The van der Waals surface area contributed by atoms with Crippen LogP contribution in [0.3, 0.4) is 0 Å². The van der Waals surface area contributed by atoms with Crippen molar-refractivity contribution in [3.8, 4) is 11.1 Å². The molecule has 0 N–H and O–H groups in total. The van der Waals surface area contributed by atoms with Crippen LogP contribution in [0.25, 0.3) is 26.9 Å². The van der Waals surface area contributed by atoms with Crippen LogP contribution in [0.1, 0.15) is 5.82 Å². The van der Waals surface area contributed by atoms with Crippen molar-refractivity contribution >= 4 is 38.8 Å². The highest BCUT2D eigenvalue weighted by molar-refractivity contribution is 7.99. The maximum atomic E-state index is 5.50. The van der Waals surface area contributed by atoms with E-state index in [1.165, 1.54) is 11.1 Å². The molecule has 4 aromatic heterocycles. The topological polar surface area (TPSA) is 55.5 Å². The van der Waals surface area contributed by atoms with Crippen LogP contribution in [0.15, 0.2) is 76.5 Å². The summed E-state index contributed by atoms with van der Waals surface area (Å²) in [5, 5.41) is 5.16. The molecule has 0 spiro atoms. The third-order valence-electron chi connectivity index (χ3n) is 5.59. The maximum absolute atomic E-state index is 5.50. The molecule has 160 valence electrons. The van der Waals surface area contributed by atoms with Gasteiger partial charge in [0.25, 0.3) is 0 Å². The van der Waals surface area contributed by atoms with Crippen molar-refractivity contribution in [2.24, 2.45) is 0 Å². The largest absolute Gasteiger partial charge is 0.379 e. The van der Waals surface area contributed by atoms with Gasteiger partial charge >= 0.3 is 0 Å². The normalized spacial score (nSPS) is 15.0. The molecular formula is C24H21N5OS2. The van der Waals surface area contributed by atoms with Crippen LogP contribution in [0.4, 0.5) is 0 Å². The fourth-order valence-electron chi connectivity index (χ4n) is 3.97. The van der Waals surface area contributed by atoms with Gasteiger partial charge in [0, 0.05) is 30.2 Å². The Morgan fingerprint density at radius 2 is 1.84 bits per heavy atom. The van der Waals surface area contributed by atoms with Crippen LogP contribution < -0.4 is 0 Å². The SMILES string of the molecule is c1ccc(-c2csc3nc(CN4CCOCC4)nc(Sc4ncc5ccccn45)c23)cc1. The Morgan fingerprint density at radius 3 is 2.72 bits per heavy atom. The minimum absolute atomic E-state index is 0.730. The number of nitrogens with zero attached hydrogens (tertiary/aromatic N) is 5. The Morgan fingerprint density at radius 1 is 1.00 bits per heavy atom. The standard InChI is InChI=1S/C24H21N5OS2/c1-2-6-17(7-3-1)19-16-31-22-21(19)23(27-20(26-22)15-28-10-12-30-13-11-28)32-24-25-14-18-8-4-5-9-29(18)24/h1-9,14,16H,10-13,15H2. The first-order chi connectivity index (χ1) is 15.8. The number of benzene rings is 1. The van der Waals surface area contributed by atoms with E-state index in [-0.39, 0.29) is 0 Å². The van der Waals surface area contributed by atoms with Gasteiger partial charge in [0.2, 0.25) is 0 Å². The summed E-state index contributed by atoms with van der Waals surface area (Å²) in [4.78, 5) is 18.1. The molecule has 1 fully saturated rings. The van der Waals surface area contributed by atoms with Crippen molar-refractivity contribution in [3.63, 3.8) is 0 Å². The number of hydrogen-bond donors (Lipinski definition) is 0. The molecule has 0 amide bonds. The van der Waals surface area contributed by atoms with E-state index in [1.54, 1.807) is 23.1 Å². The zero-order valence-corrected chi connectivity index (χ0v) is 19.0. The van der Waals surface area contributed by atoms with Crippen molar-refractivity contribution in [2.75, 3.05) is 26.3 Å². The summed E-state index contributed by atoms with van der Waals surface area (Å²) in [6, 6.07) is 16.6. The van der Waals surface area contributed by atoms with E-state index in [9.17, 15) is 0 Å². The summed E-state index contributed by atoms with van der Waals surface area (Å²) in [7, 11) is 0. The molecule has 0 atom stereocenters. The summed E-state index contributed by atoms with van der Waals surface area (Å²) in [5.41, 5.74) is 3.42. The highest BCUT2D eigenvalue weighted by Crippen LogP contribution is 2.40. The number of hydrogen-bond acceptors (Lipinski definition) is 7. The molecule has 5 heterocycles. The minimum atomic E-state index is 0.730. The van der Waals surface area contributed by atoms with Gasteiger partial charge in [-0.05, 0) is 29.5 Å². The summed E-state index contributed by atoms with van der Waals surface area (Å²) in [5.74, 6) is 0.851. The molecule has 0 radical (unpaired) electrons. The molecule has 0 unspecified atom stereocenters. The molecule has 6 rings (SSSR count). The molecule has 1 aliphatic heterocycles. The van der Waals surface area contributed by atoms with E-state index in [4.69, 9.17) is 14.7 Å². The zero-order chi connectivity index (χ0) is 21.3. The smallest absolute Gasteiger partial charge is 0.179 e. The van der Waals surface area contributed by atoms with Crippen molar-refractivity contribution in [3.05, 3.63) is 72.1 Å². The fraction of sp³-hybridized carbons (Fsp3) is 0.208. The number of fused-ring (bicyclic) bond motifs is 2. The lowest BCUT2D eigenvalue weighted by atomic mass is 10.1. The van der Waals surface area contributed by atoms with Crippen molar-refractivity contribution in [1.29, 1.82) is 0 Å². The van der Waals surface area contributed by atoms with Gasteiger partial charge in [-0.2, -0.15) is 0 Å². The molecular weight excluding hydrogens is 438 g/mol. The number of morpholine rings is 1. The van der Waals surface area contributed by atoms with Gasteiger partial charge in [0.15, 0.2) is 5.16 Å². The van der Waals surface area contributed by atoms with E-state index in [2.05, 4.69) is 50.0 Å². The van der Waals surface area contributed by atoms with Gasteiger partial charge in [-0.25, -0.2) is 15.0 Å². The van der Waals surface area contributed by atoms with E-state index >= 15 is 0 Å². The number of aromatic nitrogens is 4. The lowest BCUT2D eigenvalue weighted by molar-refractivity contribution is 0.0330. The molecule has 6 nitrogen and oxygen atoms in total. The zero-order valence-electron chi connectivity index (χ0n) is 17.3. The molecule has 1 saturated heterocycles. The Balaban J connectivity index is 1.47. The number of imidazole rings is 1. The average molecular weight is 460 g/mol. The lowest BCUT2D eigenvalue weighted by Gasteiger charge is -2.25. The average Bonchev–Trinajstić information content (AvgIpc) is 3.45. The molecule has 0 bridgehead atoms. The third kappa shape index (κ3) is 3.80. The summed E-state index contributed by atoms with van der Waals surface area (Å²) in [6.45, 7) is 4.08. The molecule has 8 heteroatoms. The summed E-state index contributed by atoms with van der Waals surface area (Å²) < 4.78 is 7.61. The predicted octanol–water partition coefficient (Wildman–Crippen LogP) is 4.99. The van der Waals surface area contributed by atoms with Crippen LogP contribution in [0.5, 0.6) is 0 Å². The molecule has 0 aliphatic carbocycles. The first kappa shape index (κ1) is 19.9. The molecule has 0 saturated carbocycles. The minimum Gasteiger partial charge on any atom is -0.379 e. The van der Waals surface area contributed by atoms with Gasteiger partial charge < -0.3 is 4.74 Å². The number of pyridine rings is 1. The maximum Gasteiger partial charge on any atom is 0.179 e. The first-order valence-corrected chi connectivity index (χ1v) is 12.3. The van der Waals surface area contributed by atoms with E-state index in [0.29, 0.717) is 0 Å². The number of rotatable bonds is 5. The van der Waals surface area contributed by atoms with Gasteiger partial charge in [-0.15, -0.1) is 11.3 Å². The molecule has 32 heavy (non-hydrogen) atoms. The Bertz CT molecular complexity index is 1380. The van der Waals surface area contributed by atoms with Gasteiger partial charge in [0.1, 0.15) is 15.7 Å². The number of thiophene rings is 1. The van der Waals surface area contributed by atoms with E-state index < -0.39 is 0 Å². The van der Waals surface area contributed by atoms with Gasteiger partial charge in [-0.1, -0.05) is 36.4 Å². The Hall–Kier alpha value is -2.78. The molecule has 1 aromatic carbocycles. The first-order valence-electron chi connectivity index (χ1n) is 10.6. The molecule has 1 aliphatic rings. The third-order valence-corrected chi connectivity index (χ3v) is 7.44. The van der Waals surface area contributed by atoms with E-state index in [0.717, 1.165) is 64.6 Å². The monoisotopic (exact) mass is 459 g/mol. The Labute approximate surface area is 193 Å². The van der Waals surface area contributed by atoms with Crippen molar-refractivity contribution in [1.82, 2.24) is 24.3 Å². The second-order valence-corrected chi connectivity index (χ2v) is 9.48. The van der Waals surface area contributed by atoms with Crippen LogP contribution in [0, 0.1) is 0 Å². The predicted molar refractivity (Wildman–Crippen MR) is 128 cm³/mol. The highest BCUT2D eigenvalue weighted by atomic mass is 32.2. The van der Waals surface area contributed by atoms with Crippen LogP contribution >= 0.6 is 23.1 Å². The second kappa shape index (κ2) is 8.63. The summed E-state index contributed by atoms with van der Waals surface area (Å²) >= 11 is 3.29. The molecule has 5 aromatic rings. The van der Waals surface area contributed by atoms with Crippen LogP contribution in [-0.2, 0) is 11.3 Å². The fourth-order valence-corrected chi connectivity index (χ4v) is 6.00.